The normalized spacial score (nSPS) is 10.4. The van der Waals surface area contributed by atoms with Crippen LogP contribution in [0.25, 0.3) is 0 Å². The standard InChI is InChI=1S/C14H16ClN3O2/c1-8-11(9(2)20-18-8)7-17-13-6-10(14(19)16-3)4-5-12(13)15/h4-6,17H,7H2,1-3H3,(H,16,19). The minimum Gasteiger partial charge on any atom is -0.380 e. The van der Waals surface area contributed by atoms with Gasteiger partial charge in [0.2, 0.25) is 0 Å². The maximum atomic E-state index is 11.6. The molecule has 2 rings (SSSR count). The first-order valence-electron chi connectivity index (χ1n) is 6.20. The van der Waals surface area contributed by atoms with Crippen LogP contribution in [0.2, 0.25) is 5.02 Å². The van der Waals surface area contributed by atoms with Gasteiger partial charge in [-0.25, -0.2) is 0 Å². The van der Waals surface area contributed by atoms with Crippen LogP contribution < -0.4 is 10.6 Å². The molecule has 106 valence electrons. The second-order valence-corrected chi connectivity index (χ2v) is 4.84. The Balaban J connectivity index is 2.19. The molecule has 5 nitrogen and oxygen atoms in total. The van der Waals surface area contributed by atoms with Crippen molar-refractivity contribution in [2.75, 3.05) is 12.4 Å². The molecule has 0 spiro atoms. The fourth-order valence-corrected chi connectivity index (χ4v) is 2.07. The molecule has 0 aliphatic rings. The van der Waals surface area contributed by atoms with Gasteiger partial charge in [-0.05, 0) is 32.0 Å². The van der Waals surface area contributed by atoms with Crippen LogP contribution in [0.3, 0.4) is 0 Å². The molecule has 1 amide bonds. The van der Waals surface area contributed by atoms with Crippen LogP contribution in [0.1, 0.15) is 27.4 Å². The highest BCUT2D eigenvalue weighted by Crippen LogP contribution is 2.24. The van der Waals surface area contributed by atoms with Crippen LogP contribution in [0.4, 0.5) is 5.69 Å². The molecule has 20 heavy (non-hydrogen) atoms. The summed E-state index contributed by atoms with van der Waals surface area (Å²) < 4.78 is 5.11. The lowest BCUT2D eigenvalue weighted by atomic mass is 10.1. The predicted octanol–water partition coefficient (Wildman–Crippen LogP) is 2.92. The summed E-state index contributed by atoms with van der Waals surface area (Å²) >= 11 is 6.13. The molecule has 2 N–H and O–H groups in total. The van der Waals surface area contributed by atoms with Gasteiger partial charge in [0.1, 0.15) is 5.76 Å². The number of aryl methyl sites for hydroxylation is 2. The Kier molecular flexibility index (Phi) is 4.29. The lowest BCUT2D eigenvalue weighted by Gasteiger charge is -2.10. The highest BCUT2D eigenvalue weighted by atomic mass is 35.5. The number of aromatic nitrogens is 1. The Morgan fingerprint density at radius 1 is 1.40 bits per heavy atom. The number of halogens is 1. The van der Waals surface area contributed by atoms with Gasteiger partial charge in [-0.2, -0.15) is 0 Å². The average molecular weight is 294 g/mol. The van der Waals surface area contributed by atoms with Gasteiger partial charge in [0.15, 0.2) is 0 Å². The van der Waals surface area contributed by atoms with Gasteiger partial charge in [-0.3, -0.25) is 4.79 Å². The fourth-order valence-electron chi connectivity index (χ4n) is 1.88. The van der Waals surface area contributed by atoms with Crippen LogP contribution in [-0.2, 0) is 6.54 Å². The van der Waals surface area contributed by atoms with Crippen LogP contribution in [-0.4, -0.2) is 18.1 Å². The summed E-state index contributed by atoms with van der Waals surface area (Å²) in [5, 5.41) is 10.2. The smallest absolute Gasteiger partial charge is 0.251 e. The SMILES string of the molecule is CNC(=O)c1ccc(Cl)c(NCc2c(C)noc2C)c1. The van der Waals surface area contributed by atoms with Gasteiger partial charge in [0.25, 0.3) is 5.91 Å². The zero-order chi connectivity index (χ0) is 14.7. The van der Waals surface area contributed by atoms with Crippen LogP contribution in [0, 0.1) is 13.8 Å². The first-order chi connectivity index (χ1) is 9.52. The van der Waals surface area contributed by atoms with Gasteiger partial charge in [0.05, 0.1) is 16.4 Å². The molecule has 0 aliphatic heterocycles. The van der Waals surface area contributed by atoms with Crippen molar-refractivity contribution < 1.29 is 9.32 Å². The summed E-state index contributed by atoms with van der Waals surface area (Å²) in [7, 11) is 1.59. The quantitative estimate of drug-likeness (QED) is 0.909. The van der Waals surface area contributed by atoms with Gasteiger partial charge < -0.3 is 15.2 Å². The first kappa shape index (κ1) is 14.4. The molecule has 1 heterocycles. The first-order valence-corrected chi connectivity index (χ1v) is 6.58. The lowest BCUT2D eigenvalue weighted by molar-refractivity contribution is 0.0963. The Morgan fingerprint density at radius 3 is 2.75 bits per heavy atom. The summed E-state index contributed by atoms with van der Waals surface area (Å²) in [5.74, 6) is 0.621. The monoisotopic (exact) mass is 293 g/mol. The van der Waals surface area contributed by atoms with Crippen LogP contribution in [0.15, 0.2) is 22.7 Å². The van der Waals surface area contributed by atoms with Crippen LogP contribution in [0.5, 0.6) is 0 Å². The van der Waals surface area contributed by atoms with Crippen molar-refractivity contribution in [3.05, 3.63) is 45.8 Å². The van der Waals surface area contributed by atoms with E-state index in [1.807, 2.05) is 13.8 Å². The summed E-state index contributed by atoms with van der Waals surface area (Å²) in [5.41, 5.74) is 3.09. The maximum absolute atomic E-state index is 11.6. The summed E-state index contributed by atoms with van der Waals surface area (Å²) in [6.45, 7) is 4.29. The molecule has 0 fully saturated rings. The number of benzene rings is 1. The maximum Gasteiger partial charge on any atom is 0.251 e. The molecular formula is C14H16ClN3O2. The number of carbonyl (C=O) groups excluding carboxylic acids is 1. The van der Waals surface area contributed by atoms with E-state index >= 15 is 0 Å². The van der Waals surface area contributed by atoms with Crippen molar-refractivity contribution in [2.45, 2.75) is 20.4 Å². The van der Waals surface area contributed by atoms with Crippen molar-refractivity contribution in [1.29, 1.82) is 0 Å². The average Bonchev–Trinajstić information content (AvgIpc) is 2.76. The molecule has 0 saturated carbocycles. The van der Waals surface area contributed by atoms with Gasteiger partial charge >= 0.3 is 0 Å². The van der Waals surface area contributed by atoms with E-state index in [4.69, 9.17) is 16.1 Å². The fraction of sp³-hybridized carbons (Fsp3) is 0.286. The Morgan fingerprint density at radius 2 is 2.15 bits per heavy atom. The van der Waals surface area contributed by atoms with Crippen molar-refractivity contribution in [3.63, 3.8) is 0 Å². The van der Waals surface area contributed by atoms with Crippen molar-refractivity contribution in [3.8, 4) is 0 Å². The molecule has 1 aromatic heterocycles. The lowest BCUT2D eigenvalue weighted by Crippen LogP contribution is -2.17. The number of anilines is 1. The van der Waals surface area contributed by atoms with Gasteiger partial charge in [-0.1, -0.05) is 16.8 Å². The van der Waals surface area contributed by atoms with Crippen molar-refractivity contribution >= 4 is 23.2 Å². The Labute approximate surface area is 122 Å². The number of nitrogens with one attached hydrogen (secondary N) is 2. The third-order valence-corrected chi connectivity index (χ3v) is 3.42. The van der Waals surface area contributed by atoms with E-state index in [2.05, 4.69) is 15.8 Å². The number of hydrogen-bond acceptors (Lipinski definition) is 4. The number of carbonyl (C=O) groups is 1. The molecule has 0 aliphatic carbocycles. The van der Waals surface area contributed by atoms with E-state index in [0.29, 0.717) is 22.8 Å². The zero-order valence-corrected chi connectivity index (χ0v) is 12.3. The zero-order valence-electron chi connectivity index (χ0n) is 11.6. The third-order valence-electron chi connectivity index (χ3n) is 3.09. The highest BCUT2D eigenvalue weighted by Gasteiger charge is 2.11. The number of amides is 1. The van der Waals surface area contributed by atoms with E-state index in [1.165, 1.54) is 0 Å². The van der Waals surface area contributed by atoms with E-state index in [0.717, 1.165) is 17.0 Å². The molecule has 0 atom stereocenters. The molecule has 6 heteroatoms. The van der Waals surface area contributed by atoms with E-state index < -0.39 is 0 Å². The topological polar surface area (TPSA) is 67.2 Å². The van der Waals surface area contributed by atoms with Crippen LogP contribution >= 0.6 is 11.6 Å². The summed E-state index contributed by atoms with van der Waals surface area (Å²) in [6.07, 6.45) is 0. The molecule has 0 saturated heterocycles. The van der Waals surface area contributed by atoms with E-state index in [-0.39, 0.29) is 5.91 Å². The molecule has 1 aromatic carbocycles. The van der Waals surface area contributed by atoms with E-state index in [9.17, 15) is 4.79 Å². The molecule has 0 radical (unpaired) electrons. The third kappa shape index (κ3) is 2.93. The second-order valence-electron chi connectivity index (χ2n) is 4.43. The summed E-state index contributed by atoms with van der Waals surface area (Å²) in [4.78, 5) is 11.6. The molecule has 0 unspecified atom stereocenters. The van der Waals surface area contributed by atoms with Gasteiger partial charge in [0, 0.05) is 24.7 Å². The number of nitrogens with zero attached hydrogens (tertiary/aromatic N) is 1. The second kappa shape index (κ2) is 5.96. The minimum absolute atomic E-state index is 0.151. The predicted molar refractivity (Wildman–Crippen MR) is 78.1 cm³/mol. The van der Waals surface area contributed by atoms with E-state index in [1.54, 1.807) is 25.2 Å². The molecule has 0 bridgehead atoms. The molecular weight excluding hydrogens is 278 g/mol. The largest absolute Gasteiger partial charge is 0.380 e. The summed E-state index contributed by atoms with van der Waals surface area (Å²) in [6, 6.07) is 5.10. The van der Waals surface area contributed by atoms with Crippen molar-refractivity contribution in [1.82, 2.24) is 10.5 Å². The van der Waals surface area contributed by atoms with Crippen molar-refractivity contribution in [2.24, 2.45) is 0 Å². The number of hydrogen-bond donors (Lipinski definition) is 2. The Bertz CT molecular complexity index is 618. The molecule has 2 aromatic rings. The number of rotatable bonds is 4. The highest BCUT2D eigenvalue weighted by molar-refractivity contribution is 6.33. The minimum atomic E-state index is -0.151. The van der Waals surface area contributed by atoms with Gasteiger partial charge in [-0.15, -0.1) is 0 Å². The Hall–Kier alpha value is -2.01.